The van der Waals surface area contributed by atoms with Crippen molar-refractivity contribution in [3.8, 4) is 11.5 Å². The van der Waals surface area contributed by atoms with E-state index < -0.39 is 6.61 Å². The number of rotatable bonds is 8. The van der Waals surface area contributed by atoms with Crippen LogP contribution in [0.25, 0.3) is 0 Å². The summed E-state index contributed by atoms with van der Waals surface area (Å²) in [6.45, 7) is -2.25. The molecule has 8 heteroatoms. The fourth-order valence-electron chi connectivity index (χ4n) is 1.63. The van der Waals surface area contributed by atoms with E-state index in [1.54, 1.807) is 19.2 Å². The van der Waals surface area contributed by atoms with Crippen LogP contribution in [0, 0.1) is 0 Å². The molecule has 0 aliphatic heterocycles. The van der Waals surface area contributed by atoms with Gasteiger partial charge in [-0.05, 0) is 31.2 Å². The van der Waals surface area contributed by atoms with E-state index >= 15 is 0 Å². The van der Waals surface area contributed by atoms with Crippen LogP contribution in [0.15, 0.2) is 18.2 Å². The maximum Gasteiger partial charge on any atom is 0.387 e. The summed E-state index contributed by atoms with van der Waals surface area (Å²) in [6.07, 6.45) is 0.513. The Bertz CT molecular complexity index is 447. The summed E-state index contributed by atoms with van der Waals surface area (Å²) in [7, 11) is 3.06. The topological polar surface area (TPSA) is 59.6 Å². The van der Waals surface area contributed by atoms with E-state index in [0.29, 0.717) is 13.0 Å². The molecule has 0 bridgehead atoms. The highest BCUT2D eigenvalue weighted by Crippen LogP contribution is 2.29. The summed E-state index contributed by atoms with van der Waals surface area (Å²) in [4.78, 5) is 11.2. The first kappa shape index (κ1) is 19.4. The molecule has 0 aliphatic rings. The number of halogens is 3. The molecular weight excluding hydrogens is 306 g/mol. The Labute approximate surface area is 128 Å². The third-order valence-corrected chi connectivity index (χ3v) is 2.52. The van der Waals surface area contributed by atoms with Gasteiger partial charge in [0.2, 0.25) is 5.91 Å². The van der Waals surface area contributed by atoms with Gasteiger partial charge in [-0.2, -0.15) is 8.78 Å². The third-order valence-electron chi connectivity index (χ3n) is 2.52. The molecular formula is C13H19ClF2N2O3. The first-order valence-corrected chi connectivity index (χ1v) is 6.10. The van der Waals surface area contributed by atoms with Gasteiger partial charge in [-0.3, -0.25) is 4.79 Å². The summed E-state index contributed by atoms with van der Waals surface area (Å²) in [5.74, 6) is 0.111. The number of hydrogen-bond acceptors (Lipinski definition) is 4. The zero-order chi connectivity index (χ0) is 15.0. The molecule has 0 atom stereocenters. The molecule has 0 fully saturated rings. The van der Waals surface area contributed by atoms with E-state index in [4.69, 9.17) is 4.74 Å². The fourth-order valence-corrected chi connectivity index (χ4v) is 1.63. The lowest BCUT2D eigenvalue weighted by Gasteiger charge is -2.11. The van der Waals surface area contributed by atoms with Gasteiger partial charge in [0.15, 0.2) is 11.5 Å². The number of carbonyl (C=O) groups excluding carboxylic acids is 1. The van der Waals surface area contributed by atoms with Gasteiger partial charge in [0.1, 0.15) is 0 Å². The van der Waals surface area contributed by atoms with Gasteiger partial charge in [0, 0.05) is 6.54 Å². The van der Waals surface area contributed by atoms with E-state index in [2.05, 4.69) is 15.4 Å². The van der Waals surface area contributed by atoms with Crippen molar-refractivity contribution in [2.24, 2.45) is 0 Å². The molecule has 1 amide bonds. The largest absolute Gasteiger partial charge is 0.493 e. The van der Waals surface area contributed by atoms with Crippen molar-refractivity contribution >= 4 is 18.3 Å². The van der Waals surface area contributed by atoms with Crippen LogP contribution in [-0.2, 0) is 11.2 Å². The first-order valence-electron chi connectivity index (χ1n) is 6.10. The average Bonchev–Trinajstić information content (AvgIpc) is 2.38. The monoisotopic (exact) mass is 324 g/mol. The SMILES string of the molecule is CNCC(=O)NCCc1ccc(OC)c(OC(F)F)c1.Cl. The van der Waals surface area contributed by atoms with Crippen LogP contribution in [0.5, 0.6) is 11.5 Å². The quantitative estimate of drug-likeness (QED) is 0.762. The Kier molecular flexibility index (Phi) is 9.40. The highest BCUT2D eigenvalue weighted by atomic mass is 35.5. The second-order valence-electron chi connectivity index (χ2n) is 3.99. The standard InChI is InChI=1S/C13H18F2N2O3.ClH/c1-16-8-12(18)17-6-5-9-3-4-10(19-2)11(7-9)20-13(14)15;/h3-4,7,13,16H,5-6,8H2,1-2H3,(H,17,18);1H. The van der Waals surface area contributed by atoms with Crippen molar-refractivity contribution in [3.63, 3.8) is 0 Å². The van der Waals surface area contributed by atoms with Crippen LogP contribution in [0.2, 0.25) is 0 Å². The zero-order valence-electron chi connectivity index (χ0n) is 11.8. The van der Waals surface area contributed by atoms with Crippen molar-refractivity contribution < 1.29 is 23.0 Å². The lowest BCUT2D eigenvalue weighted by molar-refractivity contribution is -0.120. The molecule has 2 N–H and O–H groups in total. The van der Waals surface area contributed by atoms with Crippen LogP contribution >= 0.6 is 12.4 Å². The number of alkyl halides is 2. The van der Waals surface area contributed by atoms with E-state index in [9.17, 15) is 13.6 Å². The second-order valence-corrected chi connectivity index (χ2v) is 3.99. The Morgan fingerprint density at radius 1 is 1.33 bits per heavy atom. The van der Waals surface area contributed by atoms with Crippen molar-refractivity contribution in [2.75, 3.05) is 27.2 Å². The second kappa shape index (κ2) is 10.2. The molecule has 21 heavy (non-hydrogen) atoms. The van der Waals surface area contributed by atoms with Gasteiger partial charge in [-0.1, -0.05) is 6.07 Å². The molecule has 1 rings (SSSR count). The van der Waals surface area contributed by atoms with Crippen LogP contribution in [0.3, 0.4) is 0 Å². The average molecular weight is 325 g/mol. The lowest BCUT2D eigenvalue weighted by Crippen LogP contribution is -2.33. The summed E-state index contributed by atoms with van der Waals surface area (Å²) >= 11 is 0. The molecule has 0 heterocycles. The van der Waals surface area contributed by atoms with Gasteiger partial charge >= 0.3 is 6.61 Å². The van der Waals surface area contributed by atoms with E-state index in [-0.39, 0.29) is 36.4 Å². The van der Waals surface area contributed by atoms with Gasteiger partial charge in [-0.15, -0.1) is 12.4 Å². The van der Waals surface area contributed by atoms with Crippen molar-refractivity contribution in [1.29, 1.82) is 0 Å². The number of hydrogen-bond donors (Lipinski definition) is 2. The molecule has 0 aromatic heterocycles. The molecule has 0 spiro atoms. The van der Waals surface area contributed by atoms with Crippen LogP contribution in [0.1, 0.15) is 5.56 Å². The molecule has 0 aliphatic carbocycles. The molecule has 0 saturated heterocycles. The maximum absolute atomic E-state index is 12.3. The lowest BCUT2D eigenvalue weighted by atomic mass is 10.1. The Hall–Kier alpha value is -1.60. The molecule has 1 aromatic rings. The zero-order valence-corrected chi connectivity index (χ0v) is 12.6. The normalized spacial score (nSPS) is 9.95. The predicted octanol–water partition coefficient (Wildman–Crippen LogP) is 1.60. The highest BCUT2D eigenvalue weighted by Gasteiger charge is 2.11. The summed E-state index contributed by atoms with van der Waals surface area (Å²) in [5, 5.41) is 5.43. The van der Waals surface area contributed by atoms with Crippen LogP contribution in [-0.4, -0.2) is 39.8 Å². The minimum Gasteiger partial charge on any atom is -0.493 e. The van der Waals surface area contributed by atoms with Crippen molar-refractivity contribution in [3.05, 3.63) is 23.8 Å². The fraction of sp³-hybridized carbons (Fsp3) is 0.462. The maximum atomic E-state index is 12.3. The third kappa shape index (κ3) is 7.10. The Morgan fingerprint density at radius 2 is 2.05 bits per heavy atom. The van der Waals surface area contributed by atoms with Gasteiger partial charge in [0.25, 0.3) is 0 Å². The van der Waals surface area contributed by atoms with Gasteiger partial charge < -0.3 is 20.1 Å². The summed E-state index contributed by atoms with van der Waals surface area (Å²) in [6, 6.07) is 4.78. The number of likely N-dealkylation sites (N-methyl/N-ethyl adjacent to an activating group) is 1. The van der Waals surface area contributed by atoms with Crippen molar-refractivity contribution in [1.82, 2.24) is 10.6 Å². The predicted molar refractivity (Wildman–Crippen MR) is 77.5 cm³/mol. The molecule has 0 unspecified atom stereocenters. The number of benzene rings is 1. The van der Waals surface area contributed by atoms with Crippen LogP contribution in [0.4, 0.5) is 8.78 Å². The van der Waals surface area contributed by atoms with E-state index in [1.165, 1.54) is 13.2 Å². The smallest absolute Gasteiger partial charge is 0.387 e. The van der Waals surface area contributed by atoms with Crippen molar-refractivity contribution in [2.45, 2.75) is 13.0 Å². The summed E-state index contributed by atoms with van der Waals surface area (Å²) < 4.78 is 33.9. The highest BCUT2D eigenvalue weighted by molar-refractivity contribution is 5.85. The molecule has 0 saturated carbocycles. The van der Waals surface area contributed by atoms with Crippen LogP contribution < -0.4 is 20.1 Å². The minimum absolute atomic E-state index is 0. The number of nitrogens with one attached hydrogen (secondary N) is 2. The Balaban J connectivity index is 0.00000400. The number of methoxy groups -OCH3 is 1. The molecule has 120 valence electrons. The van der Waals surface area contributed by atoms with E-state index in [1.807, 2.05) is 0 Å². The molecule has 5 nitrogen and oxygen atoms in total. The van der Waals surface area contributed by atoms with E-state index in [0.717, 1.165) is 5.56 Å². The summed E-state index contributed by atoms with van der Waals surface area (Å²) in [5.41, 5.74) is 0.770. The Morgan fingerprint density at radius 3 is 2.62 bits per heavy atom. The van der Waals surface area contributed by atoms with Gasteiger partial charge in [0.05, 0.1) is 13.7 Å². The number of amides is 1. The van der Waals surface area contributed by atoms with Gasteiger partial charge in [-0.25, -0.2) is 0 Å². The molecule has 1 aromatic carbocycles. The minimum atomic E-state index is -2.91. The molecule has 0 radical (unpaired) electrons. The first-order chi connectivity index (χ1) is 9.56. The number of ether oxygens (including phenoxy) is 2. The number of carbonyl (C=O) groups is 1.